The van der Waals surface area contributed by atoms with E-state index in [0.717, 1.165) is 25.7 Å². The Bertz CT molecular complexity index is 548. The minimum absolute atomic E-state index is 0.101. The maximum Gasteiger partial charge on any atom is 0.337 e. The molecule has 1 heterocycles. The smallest absolute Gasteiger partial charge is 0.337 e. The number of carboxylic acids is 1. The van der Waals surface area contributed by atoms with E-state index in [-0.39, 0.29) is 17.9 Å². The minimum Gasteiger partial charge on any atom is -0.479 e. The van der Waals surface area contributed by atoms with Gasteiger partial charge in [0.15, 0.2) is 6.10 Å². The molecule has 2 rings (SSSR count). The van der Waals surface area contributed by atoms with Crippen LogP contribution in [0.4, 0.5) is 0 Å². The molecule has 1 unspecified atom stereocenters. The molecule has 2 amide bonds. The Labute approximate surface area is 148 Å². The summed E-state index contributed by atoms with van der Waals surface area (Å²) in [5.74, 6) is -2.46. The van der Waals surface area contributed by atoms with Gasteiger partial charge in [-0.2, -0.15) is 4.21 Å². The van der Waals surface area contributed by atoms with Crippen molar-refractivity contribution in [2.24, 2.45) is 5.92 Å². The van der Waals surface area contributed by atoms with Crippen LogP contribution in [0.15, 0.2) is 0 Å². The van der Waals surface area contributed by atoms with Crippen molar-refractivity contribution in [2.45, 2.75) is 70.2 Å². The number of hydrogen-bond donors (Lipinski definition) is 3. The average molecular weight is 376 g/mol. The van der Waals surface area contributed by atoms with E-state index in [1.807, 2.05) is 13.8 Å². The summed E-state index contributed by atoms with van der Waals surface area (Å²) in [7, 11) is 0. The fourth-order valence-corrected chi connectivity index (χ4v) is 3.73. The lowest BCUT2D eigenvalue weighted by atomic mass is 10.0. The number of nitrogens with one attached hydrogen (secondary N) is 2. The van der Waals surface area contributed by atoms with Gasteiger partial charge in [-0.05, 0) is 25.2 Å². The summed E-state index contributed by atoms with van der Waals surface area (Å²) in [5.41, 5.74) is 0. The number of carboxylic acid groups (broad SMARTS) is 1. The molecule has 0 aromatic rings. The first-order valence-corrected chi connectivity index (χ1v) is 9.37. The van der Waals surface area contributed by atoms with Crippen LogP contribution in [-0.4, -0.2) is 51.4 Å². The van der Waals surface area contributed by atoms with Gasteiger partial charge < -0.3 is 15.7 Å². The molecular formula is C15H24N2O7S. The Balaban J connectivity index is 2.02. The fraction of sp³-hybridized carbons (Fsp3) is 0.800. The molecule has 9 nitrogen and oxygen atoms in total. The zero-order chi connectivity index (χ0) is 18.6. The van der Waals surface area contributed by atoms with Crippen LogP contribution in [0.3, 0.4) is 0 Å². The maximum atomic E-state index is 12.5. The summed E-state index contributed by atoms with van der Waals surface area (Å²) in [6, 6.07) is -0.718. The van der Waals surface area contributed by atoms with Crippen LogP contribution < -0.4 is 10.6 Å². The van der Waals surface area contributed by atoms with Gasteiger partial charge >= 0.3 is 17.3 Å². The van der Waals surface area contributed by atoms with Crippen LogP contribution in [-0.2, 0) is 34.1 Å². The minimum atomic E-state index is -2.31. The summed E-state index contributed by atoms with van der Waals surface area (Å²) in [6.07, 6.45) is 1.10. The van der Waals surface area contributed by atoms with Crippen LogP contribution in [0.2, 0.25) is 0 Å². The lowest BCUT2D eigenvalue weighted by Crippen LogP contribution is -2.54. The second kappa shape index (κ2) is 8.72. The summed E-state index contributed by atoms with van der Waals surface area (Å²) < 4.78 is 20.6. The number of hydrogen-bond acceptors (Lipinski definition) is 6. The quantitative estimate of drug-likeness (QED) is 0.571. The molecule has 25 heavy (non-hydrogen) atoms. The molecule has 1 saturated carbocycles. The van der Waals surface area contributed by atoms with Crippen LogP contribution in [0.1, 0.15) is 46.0 Å². The summed E-state index contributed by atoms with van der Waals surface area (Å²) in [5, 5.41) is 14.5. The molecule has 3 N–H and O–H groups in total. The predicted molar refractivity (Wildman–Crippen MR) is 87.3 cm³/mol. The van der Waals surface area contributed by atoms with Crippen molar-refractivity contribution in [1.82, 2.24) is 10.6 Å². The van der Waals surface area contributed by atoms with Crippen molar-refractivity contribution in [3.8, 4) is 0 Å². The molecule has 142 valence electrons. The molecule has 10 heteroatoms. The standard InChI is InChI=1S/C15H24N2O7S/c1-8(2)7-10(13(18)16-9-5-3-4-6-9)17-14(19)11-12(15(20)21)24-25(22)23-11/h8-12H,3-7H2,1-2H3,(H,16,18)(H,17,19)(H,20,21)/t10-,11-,12-,25?/m0/s1. The molecule has 2 aliphatic rings. The summed E-state index contributed by atoms with van der Waals surface area (Å²) >= 11 is -2.31. The Hall–Kier alpha value is -1.52. The molecular weight excluding hydrogens is 352 g/mol. The zero-order valence-corrected chi connectivity index (χ0v) is 15.0. The van der Waals surface area contributed by atoms with Crippen LogP contribution >= 0.6 is 0 Å². The first kappa shape index (κ1) is 19.8. The van der Waals surface area contributed by atoms with Gasteiger partial charge in [-0.1, -0.05) is 26.7 Å². The third-order valence-electron chi connectivity index (χ3n) is 4.18. The topological polar surface area (TPSA) is 131 Å². The van der Waals surface area contributed by atoms with E-state index in [4.69, 9.17) is 9.29 Å². The van der Waals surface area contributed by atoms with E-state index in [1.54, 1.807) is 0 Å². The van der Waals surface area contributed by atoms with Gasteiger partial charge in [0.25, 0.3) is 5.91 Å². The van der Waals surface area contributed by atoms with E-state index in [9.17, 15) is 18.6 Å². The fourth-order valence-electron chi connectivity index (χ4n) is 2.97. The van der Waals surface area contributed by atoms with Crippen molar-refractivity contribution in [1.29, 1.82) is 0 Å². The van der Waals surface area contributed by atoms with Gasteiger partial charge in [0.05, 0.1) is 0 Å². The molecule has 0 bridgehead atoms. The van der Waals surface area contributed by atoms with Gasteiger partial charge in [-0.25, -0.2) is 8.98 Å². The number of aliphatic carboxylic acids is 1. The molecule has 1 aliphatic heterocycles. The Morgan fingerprint density at radius 3 is 2.32 bits per heavy atom. The summed E-state index contributed by atoms with van der Waals surface area (Å²) in [6.45, 7) is 3.82. The van der Waals surface area contributed by atoms with Crippen molar-refractivity contribution >= 4 is 29.1 Å². The molecule has 4 atom stereocenters. The Morgan fingerprint density at radius 1 is 1.16 bits per heavy atom. The monoisotopic (exact) mass is 376 g/mol. The van der Waals surface area contributed by atoms with E-state index in [1.165, 1.54) is 0 Å². The van der Waals surface area contributed by atoms with Gasteiger partial charge in [0.1, 0.15) is 6.04 Å². The molecule has 1 saturated heterocycles. The van der Waals surface area contributed by atoms with E-state index in [2.05, 4.69) is 14.8 Å². The number of carbonyl (C=O) groups excluding carboxylic acids is 2. The molecule has 2 fully saturated rings. The van der Waals surface area contributed by atoms with E-state index < -0.39 is 41.5 Å². The van der Waals surface area contributed by atoms with Crippen LogP contribution in [0.5, 0.6) is 0 Å². The first-order chi connectivity index (χ1) is 11.8. The second-order valence-corrected chi connectivity index (χ2v) is 7.55. The van der Waals surface area contributed by atoms with Crippen molar-refractivity contribution < 1.29 is 32.1 Å². The lowest BCUT2D eigenvalue weighted by Gasteiger charge is -2.23. The van der Waals surface area contributed by atoms with Gasteiger partial charge in [0.2, 0.25) is 12.0 Å². The Morgan fingerprint density at radius 2 is 1.76 bits per heavy atom. The molecule has 0 aromatic carbocycles. The second-order valence-electron chi connectivity index (χ2n) is 6.76. The van der Waals surface area contributed by atoms with E-state index >= 15 is 0 Å². The van der Waals surface area contributed by atoms with Gasteiger partial charge in [0, 0.05) is 6.04 Å². The third kappa shape index (κ3) is 5.48. The lowest BCUT2D eigenvalue weighted by molar-refractivity contribution is -0.150. The SMILES string of the molecule is CC(C)C[C@H](NC(=O)[C@H]1OS(=O)O[C@@H]1C(=O)O)C(=O)NC1CCCC1. The average Bonchev–Trinajstić information content (AvgIpc) is 3.15. The highest BCUT2D eigenvalue weighted by Gasteiger charge is 2.46. The van der Waals surface area contributed by atoms with Crippen LogP contribution in [0, 0.1) is 5.92 Å². The van der Waals surface area contributed by atoms with Crippen LogP contribution in [0.25, 0.3) is 0 Å². The molecule has 1 aliphatic carbocycles. The Kier molecular flexibility index (Phi) is 6.91. The maximum absolute atomic E-state index is 12.5. The van der Waals surface area contributed by atoms with E-state index in [0.29, 0.717) is 6.42 Å². The zero-order valence-electron chi connectivity index (χ0n) is 14.2. The number of carbonyl (C=O) groups is 3. The highest BCUT2D eigenvalue weighted by Crippen LogP contribution is 2.20. The van der Waals surface area contributed by atoms with Crippen molar-refractivity contribution in [3.05, 3.63) is 0 Å². The summed E-state index contributed by atoms with van der Waals surface area (Å²) in [4.78, 5) is 35.9. The predicted octanol–water partition coefficient (Wildman–Crippen LogP) is 0.0234. The molecule has 0 aromatic heterocycles. The molecule has 0 radical (unpaired) electrons. The molecule has 0 spiro atoms. The number of rotatable bonds is 7. The van der Waals surface area contributed by atoms with Crippen molar-refractivity contribution in [2.75, 3.05) is 0 Å². The van der Waals surface area contributed by atoms with Gasteiger partial charge in [-0.3, -0.25) is 13.8 Å². The number of amides is 2. The van der Waals surface area contributed by atoms with Gasteiger partial charge in [-0.15, -0.1) is 0 Å². The highest BCUT2D eigenvalue weighted by molar-refractivity contribution is 7.75. The highest BCUT2D eigenvalue weighted by atomic mass is 32.2. The largest absolute Gasteiger partial charge is 0.479 e. The third-order valence-corrected chi connectivity index (χ3v) is 4.91. The van der Waals surface area contributed by atoms with Crippen molar-refractivity contribution in [3.63, 3.8) is 0 Å². The first-order valence-electron chi connectivity index (χ1n) is 8.37. The normalized spacial score (nSPS) is 28.0.